The molecule has 102 valence electrons. The Hall–Kier alpha value is -1.03. The van der Waals surface area contributed by atoms with Gasteiger partial charge in [-0.25, -0.2) is 4.39 Å². The van der Waals surface area contributed by atoms with Gasteiger partial charge in [-0.1, -0.05) is 0 Å². The summed E-state index contributed by atoms with van der Waals surface area (Å²) in [6.07, 6.45) is 4.32. The SMILES string of the molecule is O=C(O)C1CC2(CC2)CC1CSc1ccc(F)cc1. The Morgan fingerprint density at radius 3 is 2.58 bits per heavy atom. The fourth-order valence-electron chi connectivity index (χ4n) is 3.20. The molecule has 0 bridgehead atoms. The van der Waals surface area contributed by atoms with Crippen LogP contribution in [0, 0.1) is 23.1 Å². The Morgan fingerprint density at radius 1 is 1.32 bits per heavy atom. The van der Waals surface area contributed by atoms with Crippen molar-refractivity contribution < 1.29 is 14.3 Å². The molecular weight excluding hydrogens is 263 g/mol. The van der Waals surface area contributed by atoms with Gasteiger partial charge < -0.3 is 5.11 Å². The number of halogens is 1. The summed E-state index contributed by atoms with van der Waals surface area (Å²) in [6, 6.07) is 6.43. The van der Waals surface area contributed by atoms with Crippen LogP contribution in [-0.2, 0) is 4.79 Å². The first-order chi connectivity index (χ1) is 9.08. The van der Waals surface area contributed by atoms with Crippen molar-refractivity contribution >= 4 is 17.7 Å². The first kappa shape index (κ1) is 13.0. The van der Waals surface area contributed by atoms with E-state index in [-0.39, 0.29) is 17.7 Å². The molecule has 0 aliphatic heterocycles. The van der Waals surface area contributed by atoms with Crippen molar-refractivity contribution in [2.75, 3.05) is 5.75 Å². The van der Waals surface area contributed by atoms with Gasteiger partial charge in [-0.3, -0.25) is 4.79 Å². The topological polar surface area (TPSA) is 37.3 Å². The largest absolute Gasteiger partial charge is 0.481 e. The maximum Gasteiger partial charge on any atom is 0.306 e. The number of benzene rings is 1. The molecule has 2 unspecified atom stereocenters. The van der Waals surface area contributed by atoms with Gasteiger partial charge >= 0.3 is 5.97 Å². The average Bonchev–Trinajstić information content (AvgIpc) is 3.01. The molecule has 0 aromatic heterocycles. The fraction of sp³-hybridized carbons (Fsp3) is 0.533. The minimum absolute atomic E-state index is 0.185. The first-order valence-electron chi connectivity index (χ1n) is 6.69. The van der Waals surface area contributed by atoms with Crippen LogP contribution < -0.4 is 0 Å². The Kier molecular flexibility index (Phi) is 3.29. The highest BCUT2D eigenvalue weighted by molar-refractivity contribution is 7.99. The summed E-state index contributed by atoms with van der Waals surface area (Å²) in [5.41, 5.74) is 0.358. The first-order valence-corrected chi connectivity index (χ1v) is 7.68. The second-order valence-corrected chi connectivity index (χ2v) is 6.97. The molecule has 4 heteroatoms. The Bertz CT molecular complexity index is 481. The van der Waals surface area contributed by atoms with Crippen LogP contribution in [0.1, 0.15) is 25.7 Å². The van der Waals surface area contributed by atoms with Gasteiger partial charge in [0.25, 0.3) is 0 Å². The van der Waals surface area contributed by atoms with Crippen molar-refractivity contribution in [3.8, 4) is 0 Å². The lowest BCUT2D eigenvalue weighted by Gasteiger charge is -2.14. The van der Waals surface area contributed by atoms with Gasteiger partial charge in [-0.05, 0) is 61.3 Å². The van der Waals surface area contributed by atoms with E-state index in [9.17, 15) is 14.3 Å². The third-order valence-electron chi connectivity index (χ3n) is 4.47. The highest BCUT2D eigenvalue weighted by Crippen LogP contribution is 2.62. The predicted octanol–water partition coefficient (Wildman–Crippen LogP) is 3.81. The molecule has 0 radical (unpaired) electrons. The summed E-state index contributed by atoms with van der Waals surface area (Å²) in [5, 5.41) is 9.32. The van der Waals surface area contributed by atoms with Crippen LogP contribution in [0.25, 0.3) is 0 Å². The Morgan fingerprint density at radius 2 is 2.00 bits per heavy atom. The third-order valence-corrected chi connectivity index (χ3v) is 5.67. The van der Waals surface area contributed by atoms with Gasteiger partial charge in [0.05, 0.1) is 5.92 Å². The van der Waals surface area contributed by atoms with Crippen LogP contribution in [-0.4, -0.2) is 16.8 Å². The van der Waals surface area contributed by atoms with Gasteiger partial charge in [0.1, 0.15) is 5.82 Å². The number of carboxylic acids is 1. The number of carbonyl (C=O) groups is 1. The molecule has 0 heterocycles. The van der Waals surface area contributed by atoms with Crippen LogP contribution in [0.15, 0.2) is 29.2 Å². The molecule has 1 aromatic rings. The van der Waals surface area contributed by atoms with E-state index in [0.717, 1.165) is 23.5 Å². The Balaban J connectivity index is 1.62. The number of thioether (sulfide) groups is 1. The molecule has 1 spiro atoms. The van der Waals surface area contributed by atoms with Crippen molar-refractivity contribution in [2.45, 2.75) is 30.6 Å². The number of hydrogen-bond acceptors (Lipinski definition) is 2. The van der Waals surface area contributed by atoms with E-state index in [4.69, 9.17) is 0 Å². The lowest BCUT2D eigenvalue weighted by Crippen LogP contribution is -2.19. The number of hydrogen-bond donors (Lipinski definition) is 1. The maximum absolute atomic E-state index is 12.8. The summed E-state index contributed by atoms with van der Waals surface area (Å²) in [4.78, 5) is 12.3. The monoisotopic (exact) mass is 280 g/mol. The van der Waals surface area contributed by atoms with Gasteiger partial charge in [0, 0.05) is 10.6 Å². The quantitative estimate of drug-likeness (QED) is 0.852. The summed E-state index contributed by atoms with van der Waals surface area (Å²) >= 11 is 1.65. The van der Waals surface area contributed by atoms with Crippen LogP contribution in [0.2, 0.25) is 0 Å². The van der Waals surface area contributed by atoms with Crippen molar-refractivity contribution in [1.29, 1.82) is 0 Å². The zero-order valence-electron chi connectivity index (χ0n) is 10.6. The van der Waals surface area contributed by atoms with Crippen molar-refractivity contribution in [3.05, 3.63) is 30.1 Å². The van der Waals surface area contributed by atoms with E-state index >= 15 is 0 Å². The molecule has 2 nitrogen and oxygen atoms in total. The summed E-state index contributed by atoms with van der Waals surface area (Å²) < 4.78 is 12.8. The van der Waals surface area contributed by atoms with E-state index in [1.807, 2.05) is 0 Å². The Labute approximate surface area is 116 Å². The van der Waals surface area contributed by atoms with Crippen molar-refractivity contribution in [3.63, 3.8) is 0 Å². The molecule has 3 rings (SSSR count). The van der Waals surface area contributed by atoms with E-state index in [2.05, 4.69) is 0 Å². The van der Waals surface area contributed by atoms with Crippen molar-refractivity contribution in [2.24, 2.45) is 17.3 Å². The molecular formula is C15H17FO2S. The van der Waals surface area contributed by atoms with Gasteiger partial charge in [0.15, 0.2) is 0 Å². The minimum Gasteiger partial charge on any atom is -0.481 e. The number of carboxylic acid groups (broad SMARTS) is 1. The second kappa shape index (κ2) is 4.82. The lowest BCUT2D eigenvalue weighted by molar-refractivity contribution is -0.142. The minimum atomic E-state index is -0.645. The second-order valence-electron chi connectivity index (χ2n) is 5.88. The average molecular weight is 280 g/mol. The molecule has 1 aromatic carbocycles. The van der Waals surface area contributed by atoms with E-state index in [1.165, 1.54) is 25.0 Å². The summed E-state index contributed by atoms with van der Waals surface area (Å²) in [6.45, 7) is 0. The highest BCUT2D eigenvalue weighted by Gasteiger charge is 2.54. The van der Waals surface area contributed by atoms with E-state index in [0.29, 0.717) is 5.41 Å². The van der Waals surface area contributed by atoms with E-state index in [1.54, 1.807) is 23.9 Å². The predicted molar refractivity (Wildman–Crippen MR) is 72.6 cm³/mol. The molecule has 19 heavy (non-hydrogen) atoms. The molecule has 2 aliphatic rings. The van der Waals surface area contributed by atoms with Crippen LogP contribution in [0.3, 0.4) is 0 Å². The molecule has 2 saturated carbocycles. The van der Waals surface area contributed by atoms with Gasteiger partial charge in [0.2, 0.25) is 0 Å². The van der Waals surface area contributed by atoms with Crippen LogP contribution in [0.4, 0.5) is 4.39 Å². The van der Waals surface area contributed by atoms with Crippen LogP contribution >= 0.6 is 11.8 Å². The highest BCUT2D eigenvalue weighted by atomic mass is 32.2. The molecule has 2 atom stereocenters. The van der Waals surface area contributed by atoms with E-state index < -0.39 is 5.97 Å². The maximum atomic E-state index is 12.8. The molecule has 2 aliphatic carbocycles. The zero-order valence-corrected chi connectivity index (χ0v) is 11.5. The van der Waals surface area contributed by atoms with Crippen molar-refractivity contribution in [1.82, 2.24) is 0 Å². The normalized spacial score (nSPS) is 27.6. The molecule has 2 fully saturated rings. The fourth-order valence-corrected chi connectivity index (χ4v) is 4.28. The van der Waals surface area contributed by atoms with Crippen LogP contribution in [0.5, 0.6) is 0 Å². The molecule has 0 saturated heterocycles. The number of rotatable bonds is 4. The number of aliphatic carboxylic acids is 1. The molecule has 1 N–H and O–H groups in total. The smallest absolute Gasteiger partial charge is 0.306 e. The standard InChI is InChI=1S/C15H17FO2S/c16-11-1-3-12(4-2-11)19-9-10-7-15(5-6-15)8-13(10)14(17)18/h1-4,10,13H,5-9H2,(H,17,18). The lowest BCUT2D eigenvalue weighted by atomic mass is 9.98. The summed E-state index contributed by atoms with van der Waals surface area (Å²) in [5.74, 6) is 0.0224. The van der Waals surface area contributed by atoms with Gasteiger partial charge in [-0.2, -0.15) is 0 Å². The third kappa shape index (κ3) is 2.78. The summed E-state index contributed by atoms with van der Waals surface area (Å²) in [7, 11) is 0. The van der Waals surface area contributed by atoms with Gasteiger partial charge in [-0.15, -0.1) is 11.8 Å². The zero-order chi connectivity index (χ0) is 13.5. The molecule has 0 amide bonds.